The van der Waals surface area contributed by atoms with Gasteiger partial charge in [-0.2, -0.15) is 4.31 Å². The summed E-state index contributed by atoms with van der Waals surface area (Å²) in [5.74, 6) is -0.638. The maximum absolute atomic E-state index is 13.2. The van der Waals surface area contributed by atoms with Crippen molar-refractivity contribution in [2.45, 2.75) is 25.7 Å². The van der Waals surface area contributed by atoms with E-state index in [9.17, 15) is 17.6 Å². The van der Waals surface area contributed by atoms with Gasteiger partial charge in [0.05, 0.1) is 22.0 Å². The highest BCUT2D eigenvalue weighted by Crippen LogP contribution is 2.29. The first-order valence-electron chi connectivity index (χ1n) is 10.4. The standard InChI is InChI=1S/C22H27FN6O3S/c1-6-28(7-2)33(31,32)18-12-13-20(27(4)5)19(14-18)25-22(30)21-24-15(3)29(26-21)17-10-8-16(23)9-11-17/h8-14H,6-7H2,1-5H3,(H,25,30). The molecule has 0 fully saturated rings. The summed E-state index contributed by atoms with van der Waals surface area (Å²) < 4.78 is 41.9. The van der Waals surface area contributed by atoms with E-state index in [2.05, 4.69) is 15.4 Å². The second-order valence-corrected chi connectivity index (χ2v) is 9.43. The Bertz CT molecular complexity index is 1250. The van der Waals surface area contributed by atoms with Gasteiger partial charge in [0, 0.05) is 27.2 Å². The molecule has 0 spiro atoms. The number of rotatable bonds is 8. The van der Waals surface area contributed by atoms with Crippen LogP contribution in [0, 0.1) is 12.7 Å². The zero-order valence-corrected chi connectivity index (χ0v) is 20.0. The van der Waals surface area contributed by atoms with E-state index in [0.717, 1.165) is 0 Å². The number of aryl methyl sites for hydroxylation is 1. The summed E-state index contributed by atoms with van der Waals surface area (Å²) in [6, 6.07) is 10.2. The minimum atomic E-state index is -3.71. The summed E-state index contributed by atoms with van der Waals surface area (Å²) in [5.41, 5.74) is 1.49. The average molecular weight is 475 g/mol. The molecule has 0 bridgehead atoms. The van der Waals surface area contributed by atoms with Crippen LogP contribution in [0.2, 0.25) is 0 Å². The molecule has 3 rings (SSSR count). The van der Waals surface area contributed by atoms with Gasteiger partial charge in [0.25, 0.3) is 5.91 Å². The zero-order chi connectivity index (χ0) is 24.3. The fourth-order valence-corrected chi connectivity index (χ4v) is 4.85. The normalized spacial score (nSPS) is 11.6. The highest BCUT2D eigenvalue weighted by Gasteiger charge is 2.24. The third-order valence-corrected chi connectivity index (χ3v) is 7.13. The SMILES string of the molecule is CCN(CC)S(=O)(=O)c1ccc(N(C)C)c(NC(=O)c2nc(C)n(-c3ccc(F)cc3)n2)c1. The Morgan fingerprint density at radius 1 is 1.09 bits per heavy atom. The molecule has 3 aromatic rings. The summed E-state index contributed by atoms with van der Waals surface area (Å²) in [6.07, 6.45) is 0. The molecule has 0 saturated carbocycles. The molecular weight excluding hydrogens is 447 g/mol. The molecule has 0 saturated heterocycles. The first kappa shape index (κ1) is 24.3. The van der Waals surface area contributed by atoms with Crippen LogP contribution in [0.5, 0.6) is 0 Å². The van der Waals surface area contributed by atoms with Gasteiger partial charge in [-0.15, -0.1) is 5.10 Å². The van der Waals surface area contributed by atoms with Crippen LogP contribution in [-0.2, 0) is 10.0 Å². The molecule has 1 aromatic heterocycles. The van der Waals surface area contributed by atoms with E-state index in [4.69, 9.17) is 0 Å². The Labute approximate surface area is 192 Å². The van der Waals surface area contributed by atoms with E-state index >= 15 is 0 Å². The Morgan fingerprint density at radius 2 is 1.73 bits per heavy atom. The average Bonchev–Trinajstić information content (AvgIpc) is 3.16. The Morgan fingerprint density at radius 3 is 2.30 bits per heavy atom. The van der Waals surface area contributed by atoms with Crippen molar-refractivity contribution in [3.63, 3.8) is 0 Å². The molecule has 0 unspecified atom stereocenters. The van der Waals surface area contributed by atoms with Crippen LogP contribution >= 0.6 is 0 Å². The molecular formula is C22H27FN6O3S. The van der Waals surface area contributed by atoms with E-state index in [1.807, 2.05) is 0 Å². The fraction of sp³-hybridized carbons (Fsp3) is 0.318. The highest BCUT2D eigenvalue weighted by atomic mass is 32.2. The number of nitrogens with one attached hydrogen (secondary N) is 1. The monoisotopic (exact) mass is 474 g/mol. The number of hydrogen-bond acceptors (Lipinski definition) is 6. The molecule has 33 heavy (non-hydrogen) atoms. The lowest BCUT2D eigenvalue weighted by Crippen LogP contribution is -2.30. The number of anilines is 2. The Balaban J connectivity index is 1.96. The van der Waals surface area contributed by atoms with Gasteiger partial charge >= 0.3 is 0 Å². The van der Waals surface area contributed by atoms with E-state index < -0.39 is 15.9 Å². The van der Waals surface area contributed by atoms with E-state index in [1.54, 1.807) is 45.8 Å². The van der Waals surface area contributed by atoms with E-state index in [1.165, 1.54) is 45.4 Å². The molecule has 9 nitrogen and oxygen atoms in total. The zero-order valence-electron chi connectivity index (χ0n) is 19.2. The van der Waals surface area contributed by atoms with Gasteiger partial charge in [0.15, 0.2) is 0 Å². The predicted molar refractivity (Wildman–Crippen MR) is 125 cm³/mol. The van der Waals surface area contributed by atoms with Gasteiger partial charge in [0.2, 0.25) is 15.8 Å². The summed E-state index contributed by atoms with van der Waals surface area (Å²) >= 11 is 0. The lowest BCUT2D eigenvalue weighted by Gasteiger charge is -2.22. The van der Waals surface area contributed by atoms with Crippen LogP contribution in [0.3, 0.4) is 0 Å². The molecule has 1 amide bonds. The third kappa shape index (κ3) is 5.04. The summed E-state index contributed by atoms with van der Waals surface area (Å²) in [7, 11) is -0.137. The second-order valence-electron chi connectivity index (χ2n) is 7.49. The van der Waals surface area contributed by atoms with Gasteiger partial charge in [-0.25, -0.2) is 22.5 Å². The lowest BCUT2D eigenvalue weighted by molar-refractivity contribution is 0.101. The first-order valence-corrected chi connectivity index (χ1v) is 11.8. The molecule has 176 valence electrons. The van der Waals surface area contributed by atoms with Crippen LogP contribution in [0.4, 0.5) is 15.8 Å². The quantitative estimate of drug-likeness (QED) is 0.539. The number of amides is 1. The smallest absolute Gasteiger partial charge is 0.295 e. The van der Waals surface area contributed by atoms with Crippen molar-refractivity contribution >= 4 is 27.3 Å². The molecule has 0 aliphatic rings. The molecule has 0 aliphatic heterocycles. The number of sulfonamides is 1. The number of carbonyl (C=O) groups is 1. The van der Waals surface area contributed by atoms with Crippen LogP contribution in [0.15, 0.2) is 47.4 Å². The van der Waals surface area contributed by atoms with Gasteiger partial charge < -0.3 is 10.2 Å². The van der Waals surface area contributed by atoms with Crippen LogP contribution in [0.1, 0.15) is 30.3 Å². The number of halogens is 1. The Hall–Kier alpha value is -3.31. The van der Waals surface area contributed by atoms with Gasteiger partial charge in [-0.3, -0.25) is 4.79 Å². The number of benzene rings is 2. The summed E-state index contributed by atoms with van der Waals surface area (Å²) in [6.45, 7) is 5.88. The fourth-order valence-electron chi connectivity index (χ4n) is 3.37. The van der Waals surface area contributed by atoms with Gasteiger partial charge in [-0.05, 0) is 49.4 Å². The topological polar surface area (TPSA) is 100 Å². The van der Waals surface area contributed by atoms with Crippen molar-refractivity contribution in [3.8, 4) is 5.69 Å². The third-order valence-electron chi connectivity index (χ3n) is 5.08. The van der Waals surface area contributed by atoms with Crippen molar-refractivity contribution in [2.75, 3.05) is 37.4 Å². The van der Waals surface area contributed by atoms with Crippen molar-refractivity contribution < 1.29 is 17.6 Å². The molecule has 11 heteroatoms. The van der Waals surface area contributed by atoms with Crippen LogP contribution < -0.4 is 10.2 Å². The van der Waals surface area contributed by atoms with Crippen LogP contribution in [-0.4, -0.2) is 60.6 Å². The molecule has 0 radical (unpaired) electrons. The molecule has 1 N–H and O–H groups in total. The largest absolute Gasteiger partial charge is 0.376 e. The van der Waals surface area contributed by atoms with Crippen molar-refractivity contribution in [1.82, 2.24) is 19.1 Å². The van der Waals surface area contributed by atoms with Crippen molar-refractivity contribution in [2.24, 2.45) is 0 Å². The number of nitrogens with zero attached hydrogens (tertiary/aromatic N) is 5. The number of carbonyl (C=O) groups excluding carboxylic acids is 1. The molecule has 0 aliphatic carbocycles. The van der Waals surface area contributed by atoms with E-state index in [-0.39, 0.29) is 16.5 Å². The van der Waals surface area contributed by atoms with Gasteiger partial charge in [-0.1, -0.05) is 13.8 Å². The second kappa shape index (κ2) is 9.67. The highest BCUT2D eigenvalue weighted by molar-refractivity contribution is 7.89. The minimum absolute atomic E-state index is 0.0769. The van der Waals surface area contributed by atoms with Crippen molar-refractivity contribution in [3.05, 3.63) is 59.9 Å². The summed E-state index contributed by atoms with van der Waals surface area (Å²) in [4.78, 5) is 19.0. The van der Waals surface area contributed by atoms with Gasteiger partial charge in [0.1, 0.15) is 11.6 Å². The number of aromatic nitrogens is 3. The minimum Gasteiger partial charge on any atom is -0.376 e. The molecule has 2 aromatic carbocycles. The molecule has 1 heterocycles. The van der Waals surface area contributed by atoms with Crippen molar-refractivity contribution in [1.29, 1.82) is 0 Å². The maximum Gasteiger partial charge on any atom is 0.295 e. The van der Waals surface area contributed by atoms with Crippen LogP contribution in [0.25, 0.3) is 5.69 Å². The lowest BCUT2D eigenvalue weighted by atomic mass is 10.2. The predicted octanol–water partition coefficient (Wildman–Crippen LogP) is 3.06. The summed E-state index contributed by atoms with van der Waals surface area (Å²) in [5, 5.41) is 6.97. The Kier molecular flexibility index (Phi) is 7.13. The first-order chi connectivity index (χ1) is 15.6. The van der Waals surface area contributed by atoms with E-state index in [0.29, 0.717) is 36.0 Å². The number of hydrogen-bond donors (Lipinski definition) is 1. The molecule has 0 atom stereocenters. The maximum atomic E-state index is 13.2.